The van der Waals surface area contributed by atoms with Crippen LogP contribution in [0, 0.1) is 12.7 Å². The number of nitrogens with zero attached hydrogens (tertiary/aromatic N) is 3. The Hall–Kier alpha value is -2.81. The topological polar surface area (TPSA) is 93.4 Å². The van der Waals surface area contributed by atoms with Crippen molar-refractivity contribution in [3.63, 3.8) is 0 Å². The summed E-state index contributed by atoms with van der Waals surface area (Å²) in [4.78, 5) is 15.8. The predicted octanol–water partition coefficient (Wildman–Crippen LogP) is 1.83. The number of halogens is 1. The number of sulfone groups is 1. The Morgan fingerprint density at radius 2 is 2.04 bits per heavy atom. The molecule has 3 rings (SSSR count). The molecule has 0 unspecified atom stereocenters. The molecule has 0 bridgehead atoms. The first kappa shape index (κ1) is 17.0. The predicted molar refractivity (Wildman–Crippen MR) is 91.5 cm³/mol. The van der Waals surface area contributed by atoms with E-state index in [0.717, 1.165) is 22.9 Å². The number of anilines is 1. The number of benzene rings is 1. The minimum absolute atomic E-state index is 0.00163. The van der Waals surface area contributed by atoms with Crippen LogP contribution in [0.5, 0.6) is 0 Å². The number of pyridine rings is 1. The van der Waals surface area contributed by atoms with E-state index in [2.05, 4.69) is 15.4 Å². The maximum atomic E-state index is 13.5. The SMILES string of the molecule is Cc1ccc(F)cc1-c1ccc2nc(NC(=O)CS(C)(=O)=O)nn2c1. The smallest absolute Gasteiger partial charge is 0.249 e. The minimum Gasteiger partial charge on any atom is -0.292 e. The molecular formula is C16H15FN4O3S. The molecule has 0 aliphatic heterocycles. The van der Waals surface area contributed by atoms with Gasteiger partial charge in [-0.2, -0.15) is 4.98 Å². The number of carbonyl (C=O) groups is 1. The van der Waals surface area contributed by atoms with Gasteiger partial charge in [-0.15, -0.1) is 5.10 Å². The van der Waals surface area contributed by atoms with Gasteiger partial charge < -0.3 is 0 Å². The van der Waals surface area contributed by atoms with Crippen LogP contribution >= 0.6 is 0 Å². The summed E-state index contributed by atoms with van der Waals surface area (Å²) >= 11 is 0. The zero-order valence-electron chi connectivity index (χ0n) is 13.5. The first-order valence-electron chi connectivity index (χ1n) is 7.32. The van der Waals surface area contributed by atoms with Gasteiger partial charge >= 0.3 is 0 Å². The lowest BCUT2D eigenvalue weighted by molar-refractivity contribution is -0.113. The summed E-state index contributed by atoms with van der Waals surface area (Å²) in [5.74, 6) is -1.69. The molecule has 0 spiro atoms. The summed E-state index contributed by atoms with van der Waals surface area (Å²) in [6.07, 6.45) is 2.63. The van der Waals surface area contributed by atoms with Crippen LogP contribution in [0.1, 0.15) is 5.56 Å². The van der Waals surface area contributed by atoms with Crippen LogP contribution in [0.4, 0.5) is 10.3 Å². The van der Waals surface area contributed by atoms with E-state index in [1.54, 1.807) is 24.4 Å². The third kappa shape index (κ3) is 4.00. The molecule has 1 N–H and O–H groups in total. The van der Waals surface area contributed by atoms with Gasteiger partial charge in [-0.3, -0.25) is 10.1 Å². The number of nitrogens with one attached hydrogen (secondary N) is 1. The van der Waals surface area contributed by atoms with E-state index in [4.69, 9.17) is 0 Å². The number of amides is 1. The van der Waals surface area contributed by atoms with Gasteiger partial charge in [-0.25, -0.2) is 17.3 Å². The van der Waals surface area contributed by atoms with Gasteiger partial charge in [0.2, 0.25) is 11.9 Å². The number of aromatic nitrogens is 3. The number of carbonyl (C=O) groups excluding carboxylic acids is 1. The molecule has 2 heterocycles. The Kier molecular flexibility index (Phi) is 4.25. The van der Waals surface area contributed by atoms with Crippen molar-refractivity contribution in [1.82, 2.24) is 14.6 Å². The van der Waals surface area contributed by atoms with E-state index in [1.807, 2.05) is 6.92 Å². The summed E-state index contributed by atoms with van der Waals surface area (Å²) < 4.78 is 37.2. The van der Waals surface area contributed by atoms with E-state index in [1.165, 1.54) is 16.6 Å². The zero-order valence-corrected chi connectivity index (χ0v) is 14.3. The van der Waals surface area contributed by atoms with Gasteiger partial charge in [-0.05, 0) is 42.3 Å². The molecule has 7 nitrogen and oxygen atoms in total. The highest BCUT2D eigenvalue weighted by atomic mass is 32.2. The lowest BCUT2D eigenvalue weighted by atomic mass is 10.0. The van der Waals surface area contributed by atoms with Crippen molar-refractivity contribution < 1.29 is 17.6 Å². The Morgan fingerprint density at radius 1 is 1.28 bits per heavy atom. The van der Waals surface area contributed by atoms with Crippen LogP contribution in [0.2, 0.25) is 0 Å². The Balaban J connectivity index is 1.92. The summed E-state index contributed by atoms with van der Waals surface area (Å²) in [5.41, 5.74) is 2.83. The van der Waals surface area contributed by atoms with Gasteiger partial charge in [-0.1, -0.05) is 6.07 Å². The fourth-order valence-corrected chi connectivity index (χ4v) is 2.95. The van der Waals surface area contributed by atoms with Gasteiger partial charge in [0, 0.05) is 18.0 Å². The van der Waals surface area contributed by atoms with Crippen LogP contribution in [0.15, 0.2) is 36.5 Å². The van der Waals surface area contributed by atoms with Crippen molar-refractivity contribution >= 4 is 27.3 Å². The highest BCUT2D eigenvalue weighted by Crippen LogP contribution is 2.24. The number of rotatable bonds is 4. The lowest BCUT2D eigenvalue weighted by Crippen LogP contribution is -2.22. The van der Waals surface area contributed by atoms with Crippen molar-refractivity contribution in [2.45, 2.75) is 6.92 Å². The number of fused-ring (bicyclic) bond motifs is 1. The molecule has 1 aromatic carbocycles. The fraction of sp³-hybridized carbons (Fsp3) is 0.188. The molecule has 0 aliphatic carbocycles. The molecule has 0 fully saturated rings. The summed E-state index contributed by atoms with van der Waals surface area (Å²) in [7, 11) is -3.44. The summed E-state index contributed by atoms with van der Waals surface area (Å²) in [6.45, 7) is 1.87. The van der Waals surface area contributed by atoms with E-state index >= 15 is 0 Å². The maximum Gasteiger partial charge on any atom is 0.249 e. The van der Waals surface area contributed by atoms with Crippen LogP contribution in [-0.2, 0) is 14.6 Å². The average Bonchev–Trinajstić information content (AvgIpc) is 2.88. The molecule has 130 valence electrons. The second-order valence-corrected chi connectivity index (χ2v) is 7.87. The Morgan fingerprint density at radius 3 is 2.76 bits per heavy atom. The first-order chi connectivity index (χ1) is 11.7. The molecule has 1 amide bonds. The quantitative estimate of drug-likeness (QED) is 0.764. The molecular weight excluding hydrogens is 347 g/mol. The molecule has 9 heteroatoms. The monoisotopic (exact) mass is 362 g/mol. The summed E-state index contributed by atoms with van der Waals surface area (Å²) in [5, 5.41) is 6.45. The second kappa shape index (κ2) is 6.25. The zero-order chi connectivity index (χ0) is 18.2. The van der Waals surface area contributed by atoms with Crippen molar-refractivity contribution in [3.8, 4) is 11.1 Å². The first-order valence-corrected chi connectivity index (χ1v) is 9.38. The van der Waals surface area contributed by atoms with Crippen LogP contribution in [0.25, 0.3) is 16.8 Å². The van der Waals surface area contributed by atoms with Crippen molar-refractivity contribution in [2.24, 2.45) is 0 Å². The standard InChI is InChI=1S/C16H15FN4O3S/c1-10-3-5-12(17)7-13(10)11-4-6-14-18-16(20-21(14)8-11)19-15(22)9-25(2,23)24/h3-8H,9H2,1-2H3,(H,19,20,22). The van der Waals surface area contributed by atoms with Crippen LogP contribution in [0.3, 0.4) is 0 Å². The normalized spacial score (nSPS) is 11.6. The van der Waals surface area contributed by atoms with Crippen LogP contribution < -0.4 is 5.32 Å². The van der Waals surface area contributed by atoms with Gasteiger partial charge in [0.25, 0.3) is 0 Å². The van der Waals surface area contributed by atoms with E-state index in [0.29, 0.717) is 5.65 Å². The molecule has 2 aromatic heterocycles. The second-order valence-electron chi connectivity index (χ2n) is 5.73. The summed E-state index contributed by atoms with van der Waals surface area (Å²) in [6, 6.07) is 7.96. The highest BCUT2D eigenvalue weighted by Gasteiger charge is 2.14. The van der Waals surface area contributed by atoms with Gasteiger partial charge in [0.1, 0.15) is 11.6 Å². The van der Waals surface area contributed by atoms with E-state index in [9.17, 15) is 17.6 Å². The molecule has 0 aliphatic rings. The largest absolute Gasteiger partial charge is 0.292 e. The number of hydrogen-bond acceptors (Lipinski definition) is 5. The maximum absolute atomic E-state index is 13.5. The molecule has 3 aromatic rings. The molecule has 0 saturated carbocycles. The number of hydrogen-bond donors (Lipinski definition) is 1. The molecule has 0 atom stereocenters. The third-order valence-corrected chi connectivity index (χ3v) is 4.27. The van der Waals surface area contributed by atoms with Crippen molar-refractivity contribution in [2.75, 3.05) is 17.3 Å². The lowest BCUT2D eigenvalue weighted by Gasteiger charge is -2.06. The van der Waals surface area contributed by atoms with E-state index < -0.39 is 21.5 Å². The minimum atomic E-state index is -3.44. The van der Waals surface area contributed by atoms with E-state index in [-0.39, 0.29) is 11.8 Å². The molecule has 0 saturated heterocycles. The third-order valence-electron chi connectivity index (χ3n) is 3.49. The van der Waals surface area contributed by atoms with Crippen LogP contribution in [-0.4, -0.2) is 40.9 Å². The fourth-order valence-electron chi connectivity index (χ4n) is 2.40. The van der Waals surface area contributed by atoms with Gasteiger partial charge in [0.15, 0.2) is 15.5 Å². The number of aryl methyl sites for hydroxylation is 1. The van der Waals surface area contributed by atoms with Crippen molar-refractivity contribution in [1.29, 1.82) is 0 Å². The van der Waals surface area contributed by atoms with Gasteiger partial charge in [0.05, 0.1) is 0 Å². The Labute approximate surface area is 143 Å². The molecule has 0 radical (unpaired) electrons. The Bertz CT molecular complexity index is 1080. The molecule has 25 heavy (non-hydrogen) atoms. The highest BCUT2D eigenvalue weighted by molar-refractivity contribution is 7.91. The average molecular weight is 362 g/mol. The van der Waals surface area contributed by atoms with Crippen molar-refractivity contribution in [3.05, 3.63) is 47.9 Å².